The number of nitrogens with one attached hydrogen (secondary N) is 3. The molecule has 0 aliphatic carbocycles. The lowest BCUT2D eigenvalue weighted by Gasteiger charge is -2.41. The fraction of sp³-hybridized carbons (Fsp3) is 0.333. The van der Waals surface area contributed by atoms with Gasteiger partial charge in [-0.25, -0.2) is 41.0 Å². The molecule has 0 fully saturated rings. The van der Waals surface area contributed by atoms with Crippen molar-refractivity contribution < 1.29 is 52.3 Å². The number of halogens is 2. The lowest BCUT2D eigenvalue weighted by molar-refractivity contribution is -0.0633. The van der Waals surface area contributed by atoms with Crippen molar-refractivity contribution in [2.45, 2.75) is 106 Å². The zero-order chi connectivity index (χ0) is 54.9. The van der Waals surface area contributed by atoms with Crippen molar-refractivity contribution in [2.75, 3.05) is 19.7 Å². The predicted octanol–water partition coefficient (Wildman–Crippen LogP) is 8.28. The van der Waals surface area contributed by atoms with E-state index in [1.807, 2.05) is 55.5 Å². The number of benzene rings is 4. The van der Waals surface area contributed by atoms with Gasteiger partial charge in [-0.1, -0.05) is 97.7 Å². The molecule has 8 rings (SSSR count). The van der Waals surface area contributed by atoms with E-state index in [0.717, 1.165) is 12.1 Å². The Morgan fingerprint density at radius 2 is 1.08 bits per heavy atom. The van der Waals surface area contributed by atoms with E-state index < -0.39 is 61.5 Å². The van der Waals surface area contributed by atoms with Gasteiger partial charge in [-0.2, -0.15) is 0 Å². The quantitative estimate of drug-likeness (QED) is 0.0561. The average molecular weight is 1110 g/mol. The number of fused-ring (bicyclic) bond motifs is 2. The molecule has 7 N–H and O–H groups in total. The summed E-state index contributed by atoms with van der Waals surface area (Å²) in [5.74, 6) is -0.138. The highest BCUT2D eigenvalue weighted by Gasteiger charge is 2.47. The van der Waals surface area contributed by atoms with Gasteiger partial charge in [0.25, 0.3) is 5.91 Å². The summed E-state index contributed by atoms with van der Waals surface area (Å²) in [6.45, 7) is 13.6. The molecule has 2 aromatic heterocycles. The molecule has 2 aliphatic heterocycles. The zero-order valence-corrected chi connectivity index (χ0v) is 45.5. The molecule has 4 heterocycles. The van der Waals surface area contributed by atoms with E-state index in [9.17, 15) is 36.6 Å². The second-order valence-corrected chi connectivity index (χ2v) is 23.2. The van der Waals surface area contributed by atoms with Gasteiger partial charge in [-0.05, 0) is 125 Å². The molecule has 0 radical (unpaired) electrons. The molecule has 2 aliphatic rings. The molecule has 21 heteroatoms. The first kappa shape index (κ1) is 58.3. The van der Waals surface area contributed by atoms with Crippen LogP contribution in [0.3, 0.4) is 0 Å². The third-order valence-corrected chi connectivity index (χ3v) is 15.9. The van der Waals surface area contributed by atoms with Crippen LogP contribution in [0, 0.1) is 0 Å². The Morgan fingerprint density at radius 3 is 1.49 bits per heavy atom. The summed E-state index contributed by atoms with van der Waals surface area (Å²) in [4.78, 5) is 33.4. The van der Waals surface area contributed by atoms with Crippen LogP contribution in [0.5, 0.6) is 11.8 Å². The number of aliphatic hydroxyl groups excluding tert-OH is 2. The van der Waals surface area contributed by atoms with Gasteiger partial charge in [-0.3, -0.25) is 4.79 Å². The fourth-order valence-corrected chi connectivity index (χ4v) is 10.6. The molecule has 402 valence electrons. The van der Waals surface area contributed by atoms with Crippen LogP contribution in [0.15, 0.2) is 144 Å². The SMILES string of the molecule is CCOC(=O)c1cnc2c(c1)[C@@H](NS(=O)(=O)c1ccc(Cl)cc1)[C@H](O)C(C)(C)O2.C[C@@H](CN)c1ccccc1.C[C@@H](CNC(=O)c1cnc2c(c1)[C@@H](NS(=O)(=O)c1ccc(Cl)cc1)[C@H](O)C(C)(C)O2)c1ccccc1.[HH]. The van der Waals surface area contributed by atoms with E-state index in [4.69, 9.17) is 43.1 Å². The number of carbonyl (C=O) groups is 2. The number of hydrogen-bond donors (Lipinski definition) is 6. The number of aromatic nitrogens is 2. The molecule has 0 saturated carbocycles. The number of pyridine rings is 2. The number of carbonyl (C=O) groups excluding carboxylic acids is 2. The van der Waals surface area contributed by atoms with Gasteiger partial charge < -0.3 is 35.5 Å². The van der Waals surface area contributed by atoms with Crippen molar-refractivity contribution in [1.29, 1.82) is 0 Å². The molecule has 0 saturated heterocycles. The summed E-state index contributed by atoms with van der Waals surface area (Å²) in [5.41, 5.74) is 6.51. The monoisotopic (exact) mass is 1110 g/mol. The summed E-state index contributed by atoms with van der Waals surface area (Å²) in [6.07, 6.45) is 0.150. The molecular formula is C54H64Cl2N6O11S2. The minimum absolute atomic E-state index is 0. The molecule has 0 unspecified atom stereocenters. The third-order valence-electron chi connectivity index (χ3n) is 12.4. The van der Waals surface area contributed by atoms with Gasteiger partial charge in [0.15, 0.2) is 0 Å². The Hall–Kier alpha value is -6.00. The smallest absolute Gasteiger partial charge is 0.339 e. The first-order chi connectivity index (χ1) is 35.4. The van der Waals surface area contributed by atoms with Gasteiger partial charge >= 0.3 is 5.97 Å². The van der Waals surface area contributed by atoms with Crippen molar-refractivity contribution in [3.8, 4) is 11.8 Å². The number of nitrogens with zero attached hydrogens (tertiary/aromatic N) is 2. The van der Waals surface area contributed by atoms with Crippen LogP contribution >= 0.6 is 23.2 Å². The molecule has 6 aromatic rings. The average Bonchev–Trinajstić information content (AvgIpc) is 3.38. The summed E-state index contributed by atoms with van der Waals surface area (Å²) in [7, 11) is -8.05. The van der Waals surface area contributed by atoms with Gasteiger partial charge in [0.2, 0.25) is 31.8 Å². The van der Waals surface area contributed by atoms with Crippen LogP contribution < -0.4 is 30.0 Å². The van der Waals surface area contributed by atoms with E-state index in [1.54, 1.807) is 34.6 Å². The van der Waals surface area contributed by atoms with Gasteiger partial charge in [0, 0.05) is 41.5 Å². The van der Waals surface area contributed by atoms with Crippen LogP contribution in [0.25, 0.3) is 0 Å². The number of rotatable bonds is 14. The molecule has 0 spiro atoms. The second kappa shape index (κ2) is 24.8. The number of ether oxygens (including phenoxy) is 3. The number of esters is 1. The van der Waals surface area contributed by atoms with Crippen LogP contribution in [0.2, 0.25) is 10.0 Å². The second-order valence-electron chi connectivity index (χ2n) is 18.9. The number of aliphatic hydroxyl groups is 2. The predicted molar refractivity (Wildman–Crippen MR) is 288 cm³/mol. The highest BCUT2D eigenvalue weighted by atomic mass is 35.5. The first-order valence-electron chi connectivity index (χ1n) is 23.9. The van der Waals surface area contributed by atoms with Crippen molar-refractivity contribution in [3.05, 3.63) is 177 Å². The maximum absolute atomic E-state index is 13.1. The van der Waals surface area contributed by atoms with Gasteiger partial charge in [0.05, 0.1) is 39.6 Å². The van der Waals surface area contributed by atoms with E-state index in [-0.39, 0.29) is 63.7 Å². The van der Waals surface area contributed by atoms with Crippen LogP contribution in [0.1, 0.15) is 117 Å². The van der Waals surface area contributed by atoms with Crippen LogP contribution in [-0.4, -0.2) is 92.0 Å². The van der Waals surface area contributed by atoms with Crippen LogP contribution in [0.4, 0.5) is 0 Å². The Bertz CT molecular complexity index is 3150. The normalized spacial score (nSPS) is 19.0. The number of amides is 1. The first-order valence-corrected chi connectivity index (χ1v) is 27.6. The lowest BCUT2D eigenvalue weighted by Crippen LogP contribution is -2.53. The zero-order valence-electron chi connectivity index (χ0n) is 42.4. The minimum Gasteiger partial charge on any atom is -0.469 e. The minimum atomic E-state index is -4.04. The topological polar surface area (TPSA) is 258 Å². The van der Waals surface area contributed by atoms with Crippen molar-refractivity contribution in [3.63, 3.8) is 0 Å². The Morgan fingerprint density at radius 1 is 0.680 bits per heavy atom. The summed E-state index contributed by atoms with van der Waals surface area (Å²) in [5, 5.41) is 25.5. The van der Waals surface area contributed by atoms with E-state index in [0.29, 0.717) is 22.5 Å². The van der Waals surface area contributed by atoms with E-state index in [1.165, 1.54) is 78.6 Å². The molecule has 0 bridgehead atoms. The Kier molecular flexibility index (Phi) is 19.2. The summed E-state index contributed by atoms with van der Waals surface area (Å²) in [6, 6.07) is 32.1. The fourth-order valence-electron chi connectivity index (χ4n) is 7.89. The maximum Gasteiger partial charge on any atom is 0.339 e. The molecule has 6 atom stereocenters. The van der Waals surface area contributed by atoms with Crippen LogP contribution in [-0.2, 0) is 24.8 Å². The molecular weight excluding hydrogens is 1040 g/mol. The Balaban J connectivity index is 0.000000238. The third kappa shape index (κ3) is 14.7. The number of hydrogen-bond acceptors (Lipinski definition) is 14. The molecule has 4 aromatic carbocycles. The maximum atomic E-state index is 13.1. The van der Waals surface area contributed by atoms with Crippen molar-refractivity contribution in [2.24, 2.45) is 5.73 Å². The highest BCUT2D eigenvalue weighted by Crippen LogP contribution is 2.41. The Labute approximate surface area is 449 Å². The molecule has 75 heavy (non-hydrogen) atoms. The van der Waals surface area contributed by atoms with E-state index >= 15 is 0 Å². The summed E-state index contributed by atoms with van der Waals surface area (Å²) < 4.78 is 73.6. The summed E-state index contributed by atoms with van der Waals surface area (Å²) >= 11 is 11.7. The molecule has 1 amide bonds. The molecule has 17 nitrogen and oxygen atoms in total. The largest absolute Gasteiger partial charge is 0.469 e. The van der Waals surface area contributed by atoms with Crippen molar-refractivity contribution >= 4 is 55.1 Å². The van der Waals surface area contributed by atoms with Gasteiger partial charge in [-0.15, -0.1) is 0 Å². The van der Waals surface area contributed by atoms with Gasteiger partial charge in [0.1, 0.15) is 23.4 Å². The highest BCUT2D eigenvalue weighted by molar-refractivity contribution is 7.89. The number of sulfonamides is 2. The van der Waals surface area contributed by atoms with Crippen molar-refractivity contribution in [1.82, 2.24) is 24.7 Å². The standard InChI is InChI=1S/C26H28ClN3O5S.C19H21ClN2O6S.C9H13N.H2/c1-16(17-7-5-4-6-8-17)14-28-24(32)18-13-21-22(23(31)26(2,3)35-25(21)29-15-18)30-36(33,34)20-11-9-19(27)10-12-20;1-4-27-18(24)11-9-14-15(16(23)19(2,3)28-17(14)21-10-11)22-29(25,26)13-7-5-12(20)6-8-13;1-8(7-10)9-5-3-2-4-6-9;/h4-13,15-16,22-23,30-31H,14H2,1-3H3,(H,28,32);5-10,15-16,22-23H,4H2,1-3H3;2-6,8H,7,10H2,1H3;1H/t16-,22+,23-;15-,16+;8-;/m010./s1. The van der Waals surface area contributed by atoms with E-state index in [2.05, 4.69) is 43.8 Å². The lowest BCUT2D eigenvalue weighted by atomic mass is 9.88. The number of nitrogens with two attached hydrogens (primary N) is 1.